The van der Waals surface area contributed by atoms with Gasteiger partial charge in [0.1, 0.15) is 6.54 Å². The summed E-state index contributed by atoms with van der Waals surface area (Å²) in [5.74, 6) is 1.54. The first kappa shape index (κ1) is 20.3. The Morgan fingerprint density at radius 1 is 1.19 bits per heavy atom. The fourth-order valence-corrected chi connectivity index (χ4v) is 3.33. The molecular formula is C21H34N4O. The van der Waals surface area contributed by atoms with E-state index in [2.05, 4.69) is 57.8 Å². The Kier molecular flexibility index (Phi) is 7.49. The van der Waals surface area contributed by atoms with Gasteiger partial charge in [0, 0.05) is 25.2 Å². The number of amides is 1. The lowest BCUT2D eigenvalue weighted by atomic mass is 9.90. The zero-order valence-electron chi connectivity index (χ0n) is 16.7. The predicted octanol–water partition coefficient (Wildman–Crippen LogP) is 2.82. The quantitative estimate of drug-likeness (QED) is 0.629. The monoisotopic (exact) mass is 358 g/mol. The second-order valence-electron chi connectivity index (χ2n) is 8.09. The minimum absolute atomic E-state index is 0.0353. The molecule has 144 valence electrons. The number of likely N-dealkylation sites (tertiary alicyclic amines) is 1. The van der Waals surface area contributed by atoms with Crippen LogP contribution < -0.4 is 10.6 Å². The largest absolute Gasteiger partial charge is 0.357 e. The average molecular weight is 359 g/mol. The lowest BCUT2D eigenvalue weighted by molar-refractivity contribution is -0.121. The predicted molar refractivity (Wildman–Crippen MR) is 108 cm³/mol. The molecule has 0 atom stereocenters. The molecule has 1 aliphatic rings. The molecule has 0 spiro atoms. The van der Waals surface area contributed by atoms with Gasteiger partial charge in [-0.25, -0.2) is 4.99 Å². The number of hydrogen-bond acceptors (Lipinski definition) is 2. The van der Waals surface area contributed by atoms with Gasteiger partial charge in [-0.3, -0.25) is 4.79 Å². The molecule has 0 bridgehead atoms. The smallest absolute Gasteiger partial charge is 0.242 e. The zero-order chi connectivity index (χ0) is 19.0. The summed E-state index contributed by atoms with van der Waals surface area (Å²) in [6.07, 6.45) is 3.47. The maximum absolute atomic E-state index is 12.0. The molecule has 26 heavy (non-hydrogen) atoms. The number of carbonyl (C=O) groups excluding carboxylic acids is 1. The third-order valence-electron chi connectivity index (χ3n) is 4.50. The van der Waals surface area contributed by atoms with Crippen LogP contribution in [0.2, 0.25) is 0 Å². The van der Waals surface area contributed by atoms with Crippen LogP contribution in [0, 0.1) is 5.92 Å². The van der Waals surface area contributed by atoms with Gasteiger partial charge in [-0.05, 0) is 58.4 Å². The topological polar surface area (TPSA) is 56.7 Å². The molecule has 1 aromatic rings. The van der Waals surface area contributed by atoms with Crippen molar-refractivity contribution in [2.75, 3.05) is 26.2 Å². The van der Waals surface area contributed by atoms with Crippen LogP contribution in [0.15, 0.2) is 35.3 Å². The number of guanidine groups is 1. The highest BCUT2D eigenvalue weighted by atomic mass is 16.2. The third kappa shape index (κ3) is 7.06. The van der Waals surface area contributed by atoms with E-state index < -0.39 is 0 Å². The molecule has 0 aliphatic carbocycles. The summed E-state index contributed by atoms with van der Waals surface area (Å²) in [6, 6.07) is 10.7. The molecule has 0 radical (unpaired) electrons. The number of rotatable bonds is 5. The Hall–Kier alpha value is -2.04. The number of nitrogens with one attached hydrogen (secondary N) is 2. The standard InChI is InChI=1S/C21H34N4O/c1-5-22-20(23-16-19(26)24-21(2,3)4)25-13-11-18(12-14-25)15-17-9-7-6-8-10-17/h6-10,18H,5,11-16H2,1-4H3,(H,22,23)(H,24,26). The van der Waals surface area contributed by atoms with Crippen LogP contribution in [-0.4, -0.2) is 48.5 Å². The van der Waals surface area contributed by atoms with Crippen LogP contribution in [0.1, 0.15) is 46.1 Å². The van der Waals surface area contributed by atoms with E-state index in [4.69, 9.17) is 0 Å². The van der Waals surface area contributed by atoms with Gasteiger partial charge in [-0.1, -0.05) is 30.3 Å². The number of benzene rings is 1. The summed E-state index contributed by atoms with van der Waals surface area (Å²) in [5.41, 5.74) is 1.20. The molecule has 0 unspecified atom stereocenters. The van der Waals surface area contributed by atoms with E-state index in [1.165, 1.54) is 5.56 Å². The molecule has 1 saturated heterocycles. The SMILES string of the molecule is CCNC(=NCC(=O)NC(C)(C)C)N1CCC(Cc2ccccc2)CC1. The Balaban J connectivity index is 1.86. The molecule has 2 N–H and O–H groups in total. The molecule has 1 heterocycles. The molecule has 1 aromatic carbocycles. The van der Waals surface area contributed by atoms with Gasteiger partial charge < -0.3 is 15.5 Å². The average Bonchev–Trinajstić information content (AvgIpc) is 2.59. The lowest BCUT2D eigenvalue weighted by Crippen LogP contribution is -2.47. The van der Waals surface area contributed by atoms with E-state index in [9.17, 15) is 4.79 Å². The van der Waals surface area contributed by atoms with E-state index in [1.54, 1.807) is 0 Å². The van der Waals surface area contributed by atoms with Crippen molar-refractivity contribution in [1.29, 1.82) is 0 Å². The minimum Gasteiger partial charge on any atom is -0.357 e. The summed E-state index contributed by atoms with van der Waals surface area (Å²) >= 11 is 0. The van der Waals surface area contributed by atoms with Crippen molar-refractivity contribution < 1.29 is 4.79 Å². The second-order valence-corrected chi connectivity index (χ2v) is 8.09. The fourth-order valence-electron chi connectivity index (χ4n) is 3.33. The third-order valence-corrected chi connectivity index (χ3v) is 4.50. The van der Waals surface area contributed by atoms with Gasteiger partial charge in [0.25, 0.3) is 0 Å². The number of carbonyl (C=O) groups is 1. The lowest BCUT2D eigenvalue weighted by Gasteiger charge is -2.34. The van der Waals surface area contributed by atoms with Gasteiger partial charge in [-0.2, -0.15) is 0 Å². The summed E-state index contributed by atoms with van der Waals surface area (Å²) in [4.78, 5) is 18.9. The molecular weight excluding hydrogens is 324 g/mol. The first-order chi connectivity index (χ1) is 12.4. The Labute approximate surface area is 158 Å². The highest BCUT2D eigenvalue weighted by Crippen LogP contribution is 2.21. The number of hydrogen-bond donors (Lipinski definition) is 2. The highest BCUT2D eigenvalue weighted by molar-refractivity contribution is 5.85. The van der Waals surface area contributed by atoms with E-state index in [1.807, 2.05) is 20.8 Å². The molecule has 2 rings (SSSR count). The van der Waals surface area contributed by atoms with Gasteiger partial charge in [0.2, 0.25) is 5.91 Å². The second kappa shape index (κ2) is 9.60. The van der Waals surface area contributed by atoms with E-state index in [0.717, 1.165) is 50.8 Å². The molecule has 0 aromatic heterocycles. The fraction of sp³-hybridized carbons (Fsp3) is 0.619. The van der Waals surface area contributed by atoms with E-state index in [0.29, 0.717) is 0 Å². The van der Waals surface area contributed by atoms with Crippen molar-refractivity contribution in [3.05, 3.63) is 35.9 Å². The maximum Gasteiger partial charge on any atom is 0.242 e. The van der Waals surface area contributed by atoms with Crippen molar-refractivity contribution in [2.24, 2.45) is 10.9 Å². The molecule has 5 heteroatoms. The van der Waals surface area contributed by atoms with Gasteiger partial charge in [-0.15, -0.1) is 0 Å². The van der Waals surface area contributed by atoms with Gasteiger partial charge >= 0.3 is 0 Å². The van der Waals surface area contributed by atoms with Crippen LogP contribution in [0.3, 0.4) is 0 Å². The first-order valence-corrected chi connectivity index (χ1v) is 9.75. The molecule has 5 nitrogen and oxygen atoms in total. The van der Waals surface area contributed by atoms with Crippen LogP contribution in [0.4, 0.5) is 0 Å². The minimum atomic E-state index is -0.221. The Bertz CT molecular complexity index is 584. The molecule has 0 saturated carbocycles. The maximum atomic E-state index is 12.0. The van der Waals surface area contributed by atoms with E-state index >= 15 is 0 Å². The number of aliphatic imine (C=N–C) groups is 1. The van der Waals surface area contributed by atoms with E-state index in [-0.39, 0.29) is 18.0 Å². The summed E-state index contributed by atoms with van der Waals surface area (Å²) in [5, 5.41) is 6.29. The van der Waals surface area contributed by atoms with Crippen molar-refractivity contribution in [3.8, 4) is 0 Å². The van der Waals surface area contributed by atoms with Crippen LogP contribution in [-0.2, 0) is 11.2 Å². The first-order valence-electron chi connectivity index (χ1n) is 9.75. The van der Waals surface area contributed by atoms with Gasteiger partial charge in [0.15, 0.2) is 5.96 Å². The summed E-state index contributed by atoms with van der Waals surface area (Å²) < 4.78 is 0. The molecule has 1 aliphatic heterocycles. The van der Waals surface area contributed by atoms with Crippen LogP contribution in [0.5, 0.6) is 0 Å². The summed E-state index contributed by atoms with van der Waals surface area (Å²) in [7, 11) is 0. The van der Waals surface area contributed by atoms with Crippen molar-refractivity contribution in [3.63, 3.8) is 0 Å². The molecule has 1 fully saturated rings. The number of nitrogens with zero attached hydrogens (tertiary/aromatic N) is 2. The Morgan fingerprint density at radius 2 is 1.85 bits per heavy atom. The summed E-state index contributed by atoms with van der Waals surface area (Å²) in [6.45, 7) is 11.0. The van der Waals surface area contributed by atoms with Crippen molar-refractivity contribution in [1.82, 2.24) is 15.5 Å². The van der Waals surface area contributed by atoms with Crippen LogP contribution >= 0.6 is 0 Å². The zero-order valence-corrected chi connectivity index (χ0v) is 16.7. The highest BCUT2D eigenvalue weighted by Gasteiger charge is 2.22. The van der Waals surface area contributed by atoms with Crippen molar-refractivity contribution in [2.45, 2.75) is 52.5 Å². The Morgan fingerprint density at radius 3 is 2.42 bits per heavy atom. The molecule has 1 amide bonds. The van der Waals surface area contributed by atoms with Crippen molar-refractivity contribution >= 4 is 11.9 Å². The van der Waals surface area contributed by atoms with Gasteiger partial charge in [0.05, 0.1) is 0 Å². The normalized spacial score (nSPS) is 16.5. The number of piperidine rings is 1. The van der Waals surface area contributed by atoms with Crippen LogP contribution in [0.25, 0.3) is 0 Å².